The molecule has 4 heterocycles. The topological polar surface area (TPSA) is 90.7 Å². The van der Waals surface area contributed by atoms with Crippen molar-refractivity contribution in [3.8, 4) is 0 Å². The van der Waals surface area contributed by atoms with Crippen LogP contribution in [0.3, 0.4) is 0 Å². The molecule has 0 aliphatic carbocycles. The highest BCUT2D eigenvalue weighted by Crippen LogP contribution is 2.20. The average molecular weight is 463 g/mol. The van der Waals surface area contributed by atoms with E-state index >= 15 is 0 Å². The first-order valence-electron chi connectivity index (χ1n) is 11.8. The fourth-order valence-electron chi connectivity index (χ4n) is 4.54. The summed E-state index contributed by atoms with van der Waals surface area (Å²) in [6, 6.07) is 9.33. The van der Waals surface area contributed by atoms with Crippen molar-refractivity contribution in [1.29, 1.82) is 0 Å². The van der Waals surface area contributed by atoms with Crippen molar-refractivity contribution in [1.82, 2.24) is 29.3 Å². The van der Waals surface area contributed by atoms with E-state index in [9.17, 15) is 9.59 Å². The molecule has 2 aliphatic rings. The molecule has 0 atom stereocenters. The normalized spacial score (nSPS) is 17.4. The van der Waals surface area contributed by atoms with Crippen LogP contribution in [-0.2, 0) is 11.3 Å². The number of benzene rings is 1. The number of hydrogen-bond donors (Lipinski definition) is 0. The van der Waals surface area contributed by atoms with Crippen LogP contribution in [0.15, 0.2) is 47.8 Å². The second-order valence-electron chi connectivity index (χ2n) is 8.90. The van der Waals surface area contributed by atoms with E-state index in [1.54, 1.807) is 12.4 Å². The second-order valence-corrected chi connectivity index (χ2v) is 8.90. The predicted molar refractivity (Wildman–Crippen MR) is 131 cm³/mol. The van der Waals surface area contributed by atoms with Gasteiger partial charge in [0.2, 0.25) is 5.91 Å². The molecule has 2 saturated heterocycles. The van der Waals surface area contributed by atoms with Crippen LogP contribution < -0.4 is 15.4 Å². The Balaban J connectivity index is 1.16. The maximum Gasteiger partial charge on any atom is 0.261 e. The summed E-state index contributed by atoms with van der Waals surface area (Å²) in [7, 11) is 2.14. The van der Waals surface area contributed by atoms with E-state index in [0.29, 0.717) is 30.5 Å². The first-order valence-corrected chi connectivity index (χ1v) is 11.8. The molecule has 5 rings (SSSR count). The average Bonchev–Trinajstić information content (AvgIpc) is 2.89. The lowest BCUT2D eigenvalue weighted by Crippen LogP contribution is -2.49. The quantitative estimate of drug-likeness (QED) is 0.547. The van der Waals surface area contributed by atoms with E-state index < -0.39 is 0 Å². The number of fused-ring (bicyclic) bond motifs is 1. The molecule has 10 nitrogen and oxygen atoms in total. The Labute approximate surface area is 198 Å². The molecule has 3 aromatic rings. The van der Waals surface area contributed by atoms with Crippen LogP contribution in [0.1, 0.15) is 6.42 Å². The van der Waals surface area contributed by atoms with E-state index in [1.807, 2.05) is 23.1 Å². The molecule has 0 bridgehead atoms. The van der Waals surface area contributed by atoms with E-state index in [2.05, 4.69) is 42.8 Å². The van der Waals surface area contributed by atoms with Gasteiger partial charge in [-0.15, -0.1) is 0 Å². The predicted octanol–water partition coefficient (Wildman–Crippen LogP) is 0.677. The van der Waals surface area contributed by atoms with Crippen molar-refractivity contribution >= 4 is 28.4 Å². The van der Waals surface area contributed by atoms with Crippen molar-refractivity contribution in [3.05, 3.63) is 53.3 Å². The summed E-state index contributed by atoms with van der Waals surface area (Å²) in [6.07, 6.45) is 3.44. The molecule has 0 spiro atoms. The summed E-state index contributed by atoms with van der Waals surface area (Å²) in [5, 5.41) is 0.576. The lowest BCUT2D eigenvalue weighted by atomic mass is 10.2. The highest BCUT2D eigenvalue weighted by molar-refractivity contribution is 5.78. The third-order valence-electron chi connectivity index (χ3n) is 6.72. The standard InChI is InChI=1S/C24H30N8O2/c1-28-8-10-29(11-9-28)21-16-22(26-17-25-21)30-12-14-31(15-13-30)23(33)6-7-32-18-27-20-5-3-2-4-19(20)24(32)34/h2-5,16-18H,6-15H2,1H3. The molecule has 1 amide bonds. The number of amides is 1. The maximum absolute atomic E-state index is 12.8. The number of para-hydroxylation sites is 1. The largest absolute Gasteiger partial charge is 0.354 e. The van der Waals surface area contributed by atoms with E-state index in [0.717, 1.165) is 50.9 Å². The summed E-state index contributed by atoms with van der Waals surface area (Å²) < 4.78 is 1.53. The molecule has 0 radical (unpaired) electrons. The molecule has 10 heteroatoms. The maximum atomic E-state index is 12.8. The first-order chi connectivity index (χ1) is 16.6. The number of carbonyl (C=O) groups is 1. The number of piperazine rings is 2. The zero-order valence-corrected chi connectivity index (χ0v) is 19.5. The van der Waals surface area contributed by atoms with Gasteiger partial charge in [0.25, 0.3) is 5.56 Å². The highest BCUT2D eigenvalue weighted by atomic mass is 16.2. The van der Waals surface area contributed by atoms with E-state index in [-0.39, 0.29) is 17.9 Å². The zero-order valence-electron chi connectivity index (χ0n) is 19.5. The molecule has 0 N–H and O–H groups in total. The van der Waals surface area contributed by atoms with E-state index in [1.165, 1.54) is 10.9 Å². The van der Waals surface area contributed by atoms with Crippen LogP contribution in [-0.4, -0.2) is 94.6 Å². The number of aryl methyl sites for hydroxylation is 1. The number of hydrogen-bond acceptors (Lipinski definition) is 8. The van der Waals surface area contributed by atoms with Crippen LogP contribution in [0.25, 0.3) is 10.9 Å². The summed E-state index contributed by atoms with van der Waals surface area (Å²) in [5.74, 6) is 1.93. The van der Waals surface area contributed by atoms with Gasteiger partial charge in [0, 0.05) is 71.4 Å². The van der Waals surface area contributed by atoms with Crippen LogP contribution in [0.5, 0.6) is 0 Å². The van der Waals surface area contributed by atoms with Crippen LogP contribution >= 0.6 is 0 Å². The van der Waals surface area contributed by atoms with Crippen LogP contribution in [0, 0.1) is 0 Å². The van der Waals surface area contributed by atoms with Crippen molar-refractivity contribution in [2.24, 2.45) is 0 Å². The Morgan fingerprint density at radius 2 is 1.53 bits per heavy atom. The minimum atomic E-state index is -0.108. The number of aromatic nitrogens is 4. The fourth-order valence-corrected chi connectivity index (χ4v) is 4.54. The molecular weight excluding hydrogens is 432 g/mol. The van der Waals surface area contributed by atoms with Crippen molar-refractivity contribution in [2.45, 2.75) is 13.0 Å². The lowest BCUT2D eigenvalue weighted by molar-refractivity contribution is -0.131. The highest BCUT2D eigenvalue weighted by Gasteiger charge is 2.23. The first kappa shape index (κ1) is 22.3. The van der Waals surface area contributed by atoms with Gasteiger partial charge in [-0.3, -0.25) is 14.2 Å². The third-order valence-corrected chi connectivity index (χ3v) is 6.72. The Hall–Kier alpha value is -3.53. The Morgan fingerprint density at radius 3 is 2.24 bits per heavy atom. The number of anilines is 2. The lowest BCUT2D eigenvalue weighted by Gasteiger charge is -2.36. The monoisotopic (exact) mass is 462 g/mol. The van der Waals surface area contributed by atoms with Gasteiger partial charge in [-0.05, 0) is 19.2 Å². The van der Waals surface area contributed by atoms with Crippen molar-refractivity contribution < 1.29 is 4.79 Å². The van der Waals surface area contributed by atoms with Crippen molar-refractivity contribution in [2.75, 3.05) is 69.2 Å². The molecule has 1 aromatic carbocycles. The SMILES string of the molecule is CN1CCN(c2cc(N3CCN(C(=O)CCn4cnc5ccccc5c4=O)CC3)ncn2)CC1. The third kappa shape index (κ3) is 4.72. The molecule has 2 fully saturated rings. The van der Waals surface area contributed by atoms with Crippen LogP contribution in [0.4, 0.5) is 11.6 Å². The Morgan fingerprint density at radius 1 is 0.882 bits per heavy atom. The second kappa shape index (κ2) is 9.76. The number of likely N-dealkylation sites (N-methyl/N-ethyl adjacent to an activating group) is 1. The van der Waals surface area contributed by atoms with Gasteiger partial charge in [0.15, 0.2) is 0 Å². The number of carbonyl (C=O) groups excluding carboxylic acids is 1. The van der Waals surface area contributed by atoms with Gasteiger partial charge in [-0.1, -0.05) is 12.1 Å². The summed E-state index contributed by atoms with van der Waals surface area (Å²) in [5.41, 5.74) is 0.565. The molecule has 2 aliphatic heterocycles. The smallest absolute Gasteiger partial charge is 0.261 e. The minimum Gasteiger partial charge on any atom is -0.354 e. The summed E-state index contributed by atoms with van der Waals surface area (Å²) in [4.78, 5) is 47.5. The summed E-state index contributed by atoms with van der Waals surface area (Å²) >= 11 is 0. The van der Waals surface area contributed by atoms with Gasteiger partial charge in [-0.25, -0.2) is 15.0 Å². The van der Waals surface area contributed by atoms with Gasteiger partial charge >= 0.3 is 0 Å². The number of rotatable bonds is 5. The molecule has 178 valence electrons. The molecule has 2 aromatic heterocycles. The molecular formula is C24H30N8O2. The molecule has 0 unspecified atom stereocenters. The van der Waals surface area contributed by atoms with Crippen LogP contribution in [0.2, 0.25) is 0 Å². The van der Waals surface area contributed by atoms with Crippen molar-refractivity contribution in [3.63, 3.8) is 0 Å². The Kier molecular flexibility index (Phi) is 6.39. The minimum absolute atomic E-state index is 0.0560. The Bertz CT molecular complexity index is 1210. The number of nitrogens with zero attached hydrogens (tertiary/aromatic N) is 8. The molecule has 34 heavy (non-hydrogen) atoms. The van der Waals surface area contributed by atoms with Gasteiger partial charge in [-0.2, -0.15) is 0 Å². The van der Waals surface area contributed by atoms with E-state index in [4.69, 9.17) is 0 Å². The van der Waals surface area contributed by atoms with Gasteiger partial charge in [0.1, 0.15) is 18.0 Å². The van der Waals surface area contributed by atoms with Gasteiger partial charge < -0.3 is 19.6 Å². The fraction of sp³-hybridized carbons (Fsp3) is 0.458. The zero-order chi connectivity index (χ0) is 23.5. The van der Waals surface area contributed by atoms with Gasteiger partial charge in [0.05, 0.1) is 17.2 Å². The summed E-state index contributed by atoms with van der Waals surface area (Å²) in [6.45, 7) is 7.04. The molecule has 0 saturated carbocycles.